The van der Waals surface area contributed by atoms with Crippen molar-refractivity contribution in [2.24, 2.45) is 0 Å². The first kappa shape index (κ1) is 14.5. The summed E-state index contributed by atoms with van der Waals surface area (Å²) in [5, 5.41) is 5.46. The number of hydrogen-bond acceptors (Lipinski definition) is 3. The Morgan fingerprint density at radius 3 is 2.84 bits per heavy atom. The Hall–Kier alpha value is -0.870. The Kier molecular flexibility index (Phi) is 4.31. The molecule has 1 N–H and O–H groups in total. The molecule has 1 aromatic rings. The van der Waals surface area contributed by atoms with Gasteiger partial charge in [0.2, 0.25) is 5.91 Å². The number of thiophene rings is 1. The first-order chi connectivity index (χ1) is 8.90. The summed E-state index contributed by atoms with van der Waals surface area (Å²) in [7, 11) is 0. The van der Waals surface area contributed by atoms with E-state index < -0.39 is 0 Å². The highest BCUT2D eigenvalue weighted by Gasteiger charge is 2.35. The van der Waals surface area contributed by atoms with Gasteiger partial charge in [-0.15, -0.1) is 11.3 Å². The van der Waals surface area contributed by atoms with E-state index in [1.165, 1.54) is 4.88 Å². The maximum Gasteiger partial charge on any atom is 0.239 e. The zero-order chi connectivity index (χ0) is 14.0. The minimum Gasteiger partial charge on any atom is -0.340 e. The average Bonchev–Trinajstić information content (AvgIpc) is 2.93. The van der Waals surface area contributed by atoms with Gasteiger partial charge in [0.1, 0.15) is 0 Å². The van der Waals surface area contributed by atoms with Gasteiger partial charge in [-0.2, -0.15) is 0 Å². The summed E-state index contributed by atoms with van der Waals surface area (Å²) in [6.45, 7) is 10.3. The van der Waals surface area contributed by atoms with E-state index in [2.05, 4.69) is 50.5 Å². The van der Waals surface area contributed by atoms with Crippen LogP contribution in [0.3, 0.4) is 0 Å². The molecule has 1 aliphatic heterocycles. The fourth-order valence-corrected chi connectivity index (χ4v) is 3.52. The van der Waals surface area contributed by atoms with Crippen LogP contribution in [-0.2, 0) is 10.2 Å². The summed E-state index contributed by atoms with van der Waals surface area (Å²) >= 11 is 1.77. The van der Waals surface area contributed by atoms with Gasteiger partial charge in [0, 0.05) is 29.4 Å². The Morgan fingerprint density at radius 1 is 1.53 bits per heavy atom. The number of rotatable bonds is 5. The van der Waals surface area contributed by atoms with Gasteiger partial charge in [0.05, 0.1) is 6.04 Å². The van der Waals surface area contributed by atoms with Crippen LogP contribution in [0.15, 0.2) is 17.5 Å². The van der Waals surface area contributed by atoms with Gasteiger partial charge in [0.15, 0.2) is 0 Å². The van der Waals surface area contributed by atoms with E-state index in [9.17, 15) is 4.79 Å². The highest BCUT2D eigenvalue weighted by molar-refractivity contribution is 7.10. The van der Waals surface area contributed by atoms with Gasteiger partial charge < -0.3 is 10.2 Å². The summed E-state index contributed by atoms with van der Waals surface area (Å²) < 4.78 is 0. The number of carbonyl (C=O) groups is 1. The van der Waals surface area contributed by atoms with Crippen molar-refractivity contribution >= 4 is 17.2 Å². The van der Waals surface area contributed by atoms with Crippen LogP contribution < -0.4 is 5.32 Å². The maximum atomic E-state index is 12.4. The van der Waals surface area contributed by atoms with Crippen LogP contribution in [0.5, 0.6) is 0 Å². The molecule has 0 bridgehead atoms. The third-order valence-electron chi connectivity index (χ3n) is 3.61. The van der Waals surface area contributed by atoms with Crippen LogP contribution in [-0.4, -0.2) is 36.0 Å². The monoisotopic (exact) mass is 280 g/mol. The molecular formula is C15H24N2OS. The van der Waals surface area contributed by atoms with Crippen molar-refractivity contribution in [1.82, 2.24) is 10.2 Å². The molecule has 2 rings (SSSR count). The lowest BCUT2D eigenvalue weighted by molar-refractivity contribution is -0.130. The summed E-state index contributed by atoms with van der Waals surface area (Å²) in [6.07, 6.45) is 0.928. The molecule has 3 nitrogen and oxygen atoms in total. The lowest BCUT2D eigenvalue weighted by atomic mass is 9.91. The Morgan fingerprint density at radius 2 is 2.26 bits per heavy atom. The van der Waals surface area contributed by atoms with Gasteiger partial charge in [-0.25, -0.2) is 0 Å². The lowest BCUT2D eigenvalue weighted by Crippen LogP contribution is -2.44. The predicted octanol–water partition coefficient (Wildman–Crippen LogP) is 2.62. The predicted molar refractivity (Wildman–Crippen MR) is 80.6 cm³/mol. The second-order valence-corrected chi connectivity index (χ2v) is 7.23. The number of nitrogens with one attached hydrogen (secondary N) is 1. The molecule has 2 heterocycles. The molecule has 106 valence electrons. The topological polar surface area (TPSA) is 32.3 Å². The maximum absolute atomic E-state index is 12.4. The molecule has 19 heavy (non-hydrogen) atoms. The number of likely N-dealkylation sites (tertiary alicyclic amines) is 1. The highest BCUT2D eigenvalue weighted by atomic mass is 32.1. The molecule has 1 fully saturated rings. The molecule has 1 aromatic heterocycles. The van der Waals surface area contributed by atoms with Crippen LogP contribution in [0.1, 0.15) is 39.0 Å². The van der Waals surface area contributed by atoms with Crippen LogP contribution in [0.4, 0.5) is 0 Å². The normalized spacial score (nSPS) is 20.6. The van der Waals surface area contributed by atoms with Crippen LogP contribution in [0.2, 0.25) is 0 Å². The minimum absolute atomic E-state index is 0.0131. The first-order valence-electron chi connectivity index (χ1n) is 6.99. The van der Waals surface area contributed by atoms with Crippen molar-refractivity contribution in [2.75, 3.05) is 13.1 Å². The molecule has 0 radical (unpaired) electrons. The quantitative estimate of drug-likeness (QED) is 0.899. The Balaban J connectivity index is 1.99. The van der Waals surface area contributed by atoms with Crippen molar-refractivity contribution in [1.29, 1.82) is 0 Å². The second kappa shape index (κ2) is 5.63. The molecule has 1 atom stereocenters. The average molecular weight is 280 g/mol. The van der Waals surface area contributed by atoms with Crippen LogP contribution in [0, 0.1) is 0 Å². The molecule has 0 aliphatic carbocycles. The fourth-order valence-electron chi connectivity index (χ4n) is 2.67. The fraction of sp³-hybridized carbons (Fsp3) is 0.667. The summed E-state index contributed by atoms with van der Waals surface area (Å²) in [5.41, 5.74) is 0.0382. The molecule has 0 spiro atoms. The molecule has 4 heteroatoms. The molecular weight excluding hydrogens is 256 g/mol. The van der Waals surface area contributed by atoms with Crippen LogP contribution in [0.25, 0.3) is 0 Å². The zero-order valence-electron chi connectivity index (χ0n) is 12.3. The van der Waals surface area contributed by atoms with E-state index in [0.717, 1.165) is 19.5 Å². The minimum atomic E-state index is 0.0131. The molecule has 1 aliphatic rings. The van der Waals surface area contributed by atoms with Crippen LogP contribution >= 0.6 is 11.3 Å². The van der Waals surface area contributed by atoms with Crippen molar-refractivity contribution in [3.05, 3.63) is 22.4 Å². The van der Waals surface area contributed by atoms with Gasteiger partial charge in [-0.1, -0.05) is 33.8 Å². The van der Waals surface area contributed by atoms with Crippen molar-refractivity contribution in [2.45, 2.75) is 51.6 Å². The van der Waals surface area contributed by atoms with E-state index in [1.54, 1.807) is 11.3 Å². The third-order valence-corrected chi connectivity index (χ3v) is 4.84. The summed E-state index contributed by atoms with van der Waals surface area (Å²) in [4.78, 5) is 15.7. The Bertz CT molecular complexity index is 425. The molecule has 1 amide bonds. The zero-order valence-corrected chi connectivity index (χ0v) is 13.1. The number of nitrogens with zero attached hydrogens (tertiary/aromatic N) is 1. The summed E-state index contributed by atoms with van der Waals surface area (Å²) in [5.74, 6) is 0.262. The third kappa shape index (κ3) is 3.37. The van der Waals surface area contributed by atoms with E-state index in [1.807, 2.05) is 4.90 Å². The number of hydrogen-bond donors (Lipinski definition) is 1. The van der Waals surface area contributed by atoms with Crippen molar-refractivity contribution < 1.29 is 4.79 Å². The van der Waals surface area contributed by atoms with E-state index in [4.69, 9.17) is 0 Å². The first-order valence-corrected chi connectivity index (χ1v) is 7.87. The van der Waals surface area contributed by atoms with Gasteiger partial charge in [-0.05, 0) is 17.9 Å². The Labute approximate surface area is 120 Å². The standard InChI is InChI=1S/C15H24N2OS/c1-11(2)16-12-7-8-17(14(12)18)10-15(3,4)13-6-5-9-19-13/h5-6,9,11-12,16H,7-8,10H2,1-4H3. The smallest absolute Gasteiger partial charge is 0.239 e. The molecule has 1 saturated heterocycles. The number of carbonyl (C=O) groups excluding carboxylic acids is 1. The molecule has 0 aromatic carbocycles. The highest BCUT2D eigenvalue weighted by Crippen LogP contribution is 2.29. The van der Waals surface area contributed by atoms with Gasteiger partial charge >= 0.3 is 0 Å². The molecule has 1 unspecified atom stereocenters. The van der Waals surface area contributed by atoms with Gasteiger partial charge in [0.25, 0.3) is 0 Å². The SMILES string of the molecule is CC(C)NC1CCN(CC(C)(C)c2cccs2)C1=O. The van der Waals surface area contributed by atoms with Crippen molar-refractivity contribution in [3.8, 4) is 0 Å². The summed E-state index contributed by atoms with van der Waals surface area (Å²) in [6, 6.07) is 4.62. The number of amides is 1. The van der Waals surface area contributed by atoms with E-state index in [0.29, 0.717) is 6.04 Å². The second-order valence-electron chi connectivity index (χ2n) is 6.28. The lowest BCUT2D eigenvalue weighted by Gasteiger charge is -2.29. The van der Waals surface area contributed by atoms with E-state index >= 15 is 0 Å². The van der Waals surface area contributed by atoms with Gasteiger partial charge in [-0.3, -0.25) is 4.79 Å². The largest absolute Gasteiger partial charge is 0.340 e. The van der Waals surface area contributed by atoms with E-state index in [-0.39, 0.29) is 17.4 Å². The van der Waals surface area contributed by atoms with Crippen molar-refractivity contribution in [3.63, 3.8) is 0 Å². The molecule has 0 saturated carbocycles.